The first-order chi connectivity index (χ1) is 6.52. The fraction of sp³-hybridized carbons (Fsp3) is 0.800. The zero-order valence-electron chi connectivity index (χ0n) is 8.62. The lowest BCUT2D eigenvalue weighted by Crippen LogP contribution is -2.43. The Morgan fingerprint density at radius 3 is 2.21 bits per heavy atom. The fourth-order valence-corrected chi connectivity index (χ4v) is 1.45. The number of hydrogen-bond donors (Lipinski definition) is 0. The summed E-state index contributed by atoms with van der Waals surface area (Å²) in [6.07, 6.45) is -0.0954. The van der Waals surface area contributed by atoms with Gasteiger partial charge in [-0.15, -0.1) is 0 Å². The van der Waals surface area contributed by atoms with Gasteiger partial charge in [-0.05, 0) is 12.8 Å². The van der Waals surface area contributed by atoms with Gasteiger partial charge in [0, 0.05) is 19.0 Å². The van der Waals surface area contributed by atoms with E-state index in [0.29, 0.717) is 25.9 Å². The van der Waals surface area contributed by atoms with Crippen LogP contribution in [0.2, 0.25) is 0 Å². The van der Waals surface area contributed by atoms with Crippen LogP contribution in [-0.4, -0.2) is 35.9 Å². The zero-order chi connectivity index (χ0) is 10.7. The number of carbonyl (C=O) groups is 2. The van der Waals surface area contributed by atoms with Gasteiger partial charge in [0.2, 0.25) is 5.78 Å². The van der Waals surface area contributed by atoms with Crippen molar-refractivity contribution < 1.29 is 14.0 Å². The normalized spacial score (nSPS) is 18.7. The van der Waals surface area contributed by atoms with Crippen LogP contribution in [0, 0.1) is 5.92 Å². The van der Waals surface area contributed by atoms with E-state index in [4.69, 9.17) is 0 Å². The van der Waals surface area contributed by atoms with Crippen LogP contribution >= 0.6 is 0 Å². The molecule has 80 valence electrons. The van der Waals surface area contributed by atoms with Crippen molar-refractivity contribution in [2.45, 2.75) is 32.9 Å². The molecule has 1 aliphatic rings. The molecule has 1 heterocycles. The molecule has 0 N–H and O–H groups in total. The second-order valence-corrected chi connectivity index (χ2v) is 3.99. The highest BCUT2D eigenvalue weighted by atomic mass is 19.1. The number of nitrogens with zero attached hydrogens (tertiary/aromatic N) is 1. The molecule has 0 aromatic rings. The number of hydrogen-bond acceptors (Lipinski definition) is 2. The van der Waals surface area contributed by atoms with E-state index < -0.39 is 12.1 Å². The van der Waals surface area contributed by atoms with Crippen molar-refractivity contribution in [2.24, 2.45) is 5.92 Å². The summed E-state index contributed by atoms with van der Waals surface area (Å²) >= 11 is 0. The molecule has 0 spiro atoms. The van der Waals surface area contributed by atoms with E-state index in [-0.39, 0.29) is 11.7 Å². The first-order valence-electron chi connectivity index (χ1n) is 4.99. The van der Waals surface area contributed by atoms with Gasteiger partial charge in [0.15, 0.2) is 0 Å². The quantitative estimate of drug-likeness (QED) is 0.629. The average molecular weight is 201 g/mol. The van der Waals surface area contributed by atoms with E-state index in [2.05, 4.69) is 0 Å². The van der Waals surface area contributed by atoms with Gasteiger partial charge in [0.1, 0.15) is 6.17 Å². The molecule has 0 saturated carbocycles. The van der Waals surface area contributed by atoms with Gasteiger partial charge in [0.05, 0.1) is 0 Å². The Balaban J connectivity index is 2.50. The van der Waals surface area contributed by atoms with Crippen molar-refractivity contribution in [3.63, 3.8) is 0 Å². The summed E-state index contributed by atoms with van der Waals surface area (Å²) in [5.41, 5.74) is 0. The molecule has 1 fully saturated rings. The average Bonchev–Trinajstić information content (AvgIpc) is 2.16. The summed E-state index contributed by atoms with van der Waals surface area (Å²) in [6, 6.07) is 0. The number of alkyl halides is 1. The molecule has 14 heavy (non-hydrogen) atoms. The lowest BCUT2D eigenvalue weighted by Gasteiger charge is -2.28. The van der Waals surface area contributed by atoms with Gasteiger partial charge in [0.25, 0.3) is 5.91 Å². The van der Waals surface area contributed by atoms with E-state index in [1.807, 2.05) is 0 Å². The standard InChI is InChI=1S/C10H16FNO2/c1-7(2)9(13)10(14)12-5-3-8(11)4-6-12/h7-8H,3-6H2,1-2H3. The molecule has 0 aromatic heterocycles. The summed E-state index contributed by atoms with van der Waals surface area (Å²) in [5, 5.41) is 0. The molecule has 1 saturated heterocycles. The van der Waals surface area contributed by atoms with E-state index >= 15 is 0 Å². The second kappa shape index (κ2) is 4.53. The van der Waals surface area contributed by atoms with E-state index in [9.17, 15) is 14.0 Å². The number of rotatable bonds is 2. The van der Waals surface area contributed by atoms with E-state index in [0.717, 1.165) is 0 Å². The number of halogens is 1. The van der Waals surface area contributed by atoms with Gasteiger partial charge in [-0.3, -0.25) is 9.59 Å². The summed E-state index contributed by atoms with van der Waals surface area (Å²) in [6.45, 7) is 4.14. The Kier molecular flexibility index (Phi) is 3.61. The maximum absolute atomic E-state index is 12.8. The molecule has 3 nitrogen and oxygen atoms in total. The minimum Gasteiger partial charge on any atom is -0.336 e. The SMILES string of the molecule is CC(C)C(=O)C(=O)N1CCC(F)CC1. The van der Waals surface area contributed by atoms with Crippen LogP contribution in [0.4, 0.5) is 4.39 Å². The number of amides is 1. The molecule has 0 radical (unpaired) electrons. The molecular formula is C10H16FNO2. The number of likely N-dealkylation sites (tertiary alicyclic amines) is 1. The van der Waals surface area contributed by atoms with Crippen LogP contribution in [-0.2, 0) is 9.59 Å². The Morgan fingerprint density at radius 2 is 1.79 bits per heavy atom. The molecule has 1 amide bonds. The minimum atomic E-state index is -0.812. The Hall–Kier alpha value is -0.930. The van der Waals surface area contributed by atoms with Crippen molar-refractivity contribution in [3.05, 3.63) is 0 Å². The van der Waals surface area contributed by atoms with Gasteiger partial charge in [-0.25, -0.2) is 4.39 Å². The third-order valence-electron chi connectivity index (χ3n) is 2.45. The molecule has 1 rings (SSSR count). The van der Waals surface area contributed by atoms with Crippen molar-refractivity contribution in [1.29, 1.82) is 0 Å². The minimum absolute atomic E-state index is 0.273. The second-order valence-electron chi connectivity index (χ2n) is 3.99. The Bertz CT molecular complexity index is 232. The highest BCUT2D eigenvalue weighted by molar-refractivity contribution is 6.36. The molecule has 0 atom stereocenters. The molecule has 4 heteroatoms. The molecule has 0 unspecified atom stereocenters. The fourth-order valence-electron chi connectivity index (χ4n) is 1.45. The number of carbonyl (C=O) groups excluding carboxylic acids is 2. The lowest BCUT2D eigenvalue weighted by atomic mass is 10.1. The highest BCUT2D eigenvalue weighted by Gasteiger charge is 2.27. The third-order valence-corrected chi connectivity index (χ3v) is 2.45. The van der Waals surface area contributed by atoms with Crippen LogP contribution in [0.25, 0.3) is 0 Å². The number of ketones is 1. The maximum atomic E-state index is 12.8. The number of piperidine rings is 1. The molecule has 0 bridgehead atoms. The first kappa shape index (κ1) is 11.1. The predicted octanol–water partition coefficient (Wildman–Crippen LogP) is 1.17. The number of Topliss-reactive ketones (excluding diaryl/α,β-unsaturated/α-hetero) is 1. The van der Waals surface area contributed by atoms with Gasteiger partial charge < -0.3 is 4.90 Å². The van der Waals surface area contributed by atoms with Crippen LogP contribution in [0.15, 0.2) is 0 Å². The summed E-state index contributed by atoms with van der Waals surface area (Å²) < 4.78 is 12.8. The summed E-state index contributed by atoms with van der Waals surface area (Å²) in [5.74, 6) is -1.10. The highest BCUT2D eigenvalue weighted by Crippen LogP contribution is 2.14. The van der Waals surface area contributed by atoms with Gasteiger partial charge >= 0.3 is 0 Å². The summed E-state index contributed by atoms with van der Waals surface area (Å²) in [7, 11) is 0. The van der Waals surface area contributed by atoms with Crippen molar-refractivity contribution in [3.8, 4) is 0 Å². The predicted molar refractivity (Wildman–Crippen MR) is 50.6 cm³/mol. The van der Waals surface area contributed by atoms with Crippen molar-refractivity contribution in [1.82, 2.24) is 4.90 Å². The molecule has 0 aromatic carbocycles. The van der Waals surface area contributed by atoms with Gasteiger partial charge in [-0.2, -0.15) is 0 Å². The van der Waals surface area contributed by atoms with Crippen molar-refractivity contribution in [2.75, 3.05) is 13.1 Å². The topological polar surface area (TPSA) is 37.4 Å². The molecule has 1 aliphatic heterocycles. The molecule has 0 aliphatic carbocycles. The molecular weight excluding hydrogens is 185 g/mol. The third kappa shape index (κ3) is 2.53. The van der Waals surface area contributed by atoms with E-state index in [1.54, 1.807) is 13.8 Å². The van der Waals surface area contributed by atoms with Gasteiger partial charge in [-0.1, -0.05) is 13.8 Å². The monoisotopic (exact) mass is 201 g/mol. The zero-order valence-corrected chi connectivity index (χ0v) is 8.62. The van der Waals surface area contributed by atoms with Crippen LogP contribution in [0.5, 0.6) is 0 Å². The smallest absolute Gasteiger partial charge is 0.290 e. The largest absolute Gasteiger partial charge is 0.336 e. The van der Waals surface area contributed by atoms with Crippen LogP contribution < -0.4 is 0 Å². The van der Waals surface area contributed by atoms with Crippen molar-refractivity contribution >= 4 is 11.7 Å². The van der Waals surface area contributed by atoms with Crippen LogP contribution in [0.1, 0.15) is 26.7 Å². The maximum Gasteiger partial charge on any atom is 0.290 e. The Morgan fingerprint density at radius 1 is 1.29 bits per heavy atom. The van der Waals surface area contributed by atoms with Crippen LogP contribution in [0.3, 0.4) is 0 Å². The summed E-state index contributed by atoms with van der Waals surface area (Å²) in [4.78, 5) is 24.3. The lowest BCUT2D eigenvalue weighted by molar-refractivity contribution is -0.147. The first-order valence-corrected chi connectivity index (χ1v) is 4.99. The Labute approximate surface area is 83.3 Å². The van der Waals surface area contributed by atoms with E-state index in [1.165, 1.54) is 4.90 Å².